The molecular formula is C51H88N2O3. The van der Waals surface area contributed by atoms with Gasteiger partial charge in [0.2, 0.25) is 5.91 Å². The van der Waals surface area contributed by atoms with E-state index >= 15 is 0 Å². The van der Waals surface area contributed by atoms with Gasteiger partial charge in [-0.05, 0) is 107 Å². The highest BCUT2D eigenvalue weighted by Crippen LogP contribution is 2.35. The zero-order valence-corrected chi connectivity index (χ0v) is 39.4. The summed E-state index contributed by atoms with van der Waals surface area (Å²) in [5, 5.41) is 0. The molecule has 0 bridgehead atoms. The summed E-state index contributed by atoms with van der Waals surface area (Å²) in [6.45, 7) is 38.2. The molecule has 1 saturated heterocycles. The maximum absolute atomic E-state index is 11.8. The van der Waals surface area contributed by atoms with Crippen LogP contribution in [-0.4, -0.2) is 41.0 Å². The molecule has 2 atom stereocenters. The number of Topliss-reactive ketones (excluding diaryl/α,β-unsaturated/α-hetero) is 2. The Kier molecular flexibility index (Phi) is 31.2. The summed E-state index contributed by atoms with van der Waals surface area (Å²) in [4.78, 5) is 38.5. The fourth-order valence-electron chi connectivity index (χ4n) is 7.64. The third-order valence-electron chi connectivity index (χ3n) is 10.2. The number of ketones is 2. The smallest absolute Gasteiger partial charge is 0.222 e. The molecule has 320 valence electrons. The number of carbonyl (C=O) groups is 3. The van der Waals surface area contributed by atoms with Gasteiger partial charge in [0, 0.05) is 61.1 Å². The third kappa shape index (κ3) is 18.4. The van der Waals surface area contributed by atoms with Gasteiger partial charge in [0.15, 0.2) is 0 Å². The van der Waals surface area contributed by atoms with Crippen LogP contribution in [0.25, 0.3) is 0 Å². The van der Waals surface area contributed by atoms with Gasteiger partial charge in [0.05, 0.1) is 0 Å². The first-order valence-electron chi connectivity index (χ1n) is 22.8. The van der Waals surface area contributed by atoms with Gasteiger partial charge in [-0.2, -0.15) is 0 Å². The minimum atomic E-state index is 0.139. The first kappa shape index (κ1) is 54.9. The summed E-state index contributed by atoms with van der Waals surface area (Å²) in [5.41, 5.74) is 6.68. The van der Waals surface area contributed by atoms with Crippen molar-refractivity contribution in [3.8, 4) is 0 Å². The molecule has 0 aromatic heterocycles. The van der Waals surface area contributed by atoms with Crippen LogP contribution >= 0.6 is 0 Å². The van der Waals surface area contributed by atoms with Crippen molar-refractivity contribution in [2.24, 2.45) is 17.8 Å². The maximum atomic E-state index is 11.8. The Bertz CT molecular complexity index is 1250. The average Bonchev–Trinajstić information content (AvgIpc) is 3.21. The van der Waals surface area contributed by atoms with Crippen molar-refractivity contribution in [1.82, 2.24) is 4.90 Å². The molecule has 0 N–H and O–H groups in total. The zero-order valence-electron chi connectivity index (χ0n) is 39.4. The fraction of sp³-hybridized carbons (Fsp3) is 0.667. The van der Waals surface area contributed by atoms with Crippen LogP contribution in [0, 0.1) is 17.8 Å². The highest BCUT2D eigenvalue weighted by molar-refractivity contribution is 5.88. The lowest BCUT2D eigenvalue weighted by atomic mass is 9.76. The maximum Gasteiger partial charge on any atom is 0.222 e. The van der Waals surface area contributed by atoms with Gasteiger partial charge in [0.25, 0.3) is 0 Å². The number of nitrogens with zero attached hydrogens (tertiary/aromatic N) is 2. The molecule has 5 heteroatoms. The van der Waals surface area contributed by atoms with Gasteiger partial charge in [0.1, 0.15) is 11.6 Å². The molecule has 5 nitrogen and oxygen atoms in total. The molecule has 0 radical (unpaired) electrons. The minimum Gasteiger partial charge on any atom is -0.343 e. The van der Waals surface area contributed by atoms with Crippen molar-refractivity contribution >= 4 is 23.2 Å². The lowest BCUT2D eigenvalue weighted by Gasteiger charge is -2.36. The van der Waals surface area contributed by atoms with E-state index in [1.165, 1.54) is 40.9 Å². The van der Waals surface area contributed by atoms with E-state index in [-0.39, 0.29) is 5.92 Å². The van der Waals surface area contributed by atoms with Crippen molar-refractivity contribution in [3.05, 3.63) is 77.5 Å². The molecule has 2 aliphatic heterocycles. The van der Waals surface area contributed by atoms with Crippen LogP contribution in [0.4, 0.5) is 5.69 Å². The molecule has 0 spiro atoms. The summed E-state index contributed by atoms with van der Waals surface area (Å²) in [6.07, 6.45) is 11.3. The van der Waals surface area contributed by atoms with Crippen molar-refractivity contribution in [3.63, 3.8) is 0 Å². The number of hydrogen-bond acceptors (Lipinski definition) is 4. The largest absolute Gasteiger partial charge is 0.343 e. The predicted octanol–water partition coefficient (Wildman–Crippen LogP) is 14.2. The molecule has 2 aromatic rings. The topological polar surface area (TPSA) is 57.7 Å². The highest BCUT2D eigenvalue weighted by atomic mass is 16.2. The van der Waals surface area contributed by atoms with E-state index in [2.05, 4.69) is 109 Å². The summed E-state index contributed by atoms with van der Waals surface area (Å²) in [5.74, 6) is 2.76. The van der Waals surface area contributed by atoms with Crippen LogP contribution in [-0.2, 0) is 27.2 Å². The van der Waals surface area contributed by atoms with Crippen molar-refractivity contribution in [2.45, 2.75) is 199 Å². The summed E-state index contributed by atoms with van der Waals surface area (Å²) < 4.78 is 0. The number of fused-ring (bicyclic) bond motifs is 2. The molecule has 4 aliphatic rings. The average molecular weight is 777 g/mol. The summed E-state index contributed by atoms with van der Waals surface area (Å²) in [7, 11) is 0. The number of hydrogen-bond donors (Lipinski definition) is 0. The molecule has 2 aromatic carbocycles. The van der Waals surface area contributed by atoms with Crippen LogP contribution in [0.5, 0.6) is 0 Å². The van der Waals surface area contributed by atoms with E-state index in [1.807, 2.05) is 66.4 Å². The number of anilines is 1. The van der Waals surface area contributed by atoms with Crippen LogP contribution in [0.3, 0.4) is 0 Å². The molecule has 2 aliphatic carbocycles. The Morgan fingerprint density at radius 3 is 1.57 bits per heavy atom. The van der Waals surface area contributed by atoms with Gasteiger partial charge in [-0.3, -0.25) is 14.4 Å². The Labute approximate surface area is 347 Å². The van der Waals surface area contributed by atoms with E-state index in [1.54, 1.807) is 0 Å². The number of rotatable bonds is 4. The van der Waals surface area contributed by atoms with Gasteiger partial charge in [-0.25, -0.2) is 0 Å². The monoisotopic (exact) mass is 777 g/mol. The summed E-state index contributed by atoms with van der Waals surface area (Å²) >= 11 is 0. The molecule has 2 fully saturated rings. The number of carbonyl (C=O) groups excluding carboxylic acids is 3. The highest BCUT2D eigenvalue weighted by Gasteiger charge is 2.29. The Morgan fingerprint density at radius 1 is 0.554 bits per heavy atom. The Hall–Kier alpha value is -3.21. The Balaban J connectivity index is 0. The van der Waals surface area contributed by atoms with Crippen molar-refractivity contribution in [1.29, 1.82) is 0 Å². The first-order valence-corrected chi connectivity index (χ1v) is 22.8. The van der Waals surface area contributed by atoms with Crippen molar-refractivity contribution < 1.29 is 14.4 Å². The third-order valence-corrected chi connectivity index (χ3v) is 10.2. The number of benzene rings is 2. The lowest BCUT2D eigenvalue weighted by Crippen LogP contribution is -2.40. The van der Waals surface area contributed by atoms with Gasteiger partial charge >= 0.3 is 0 Å². The van der Waals surface area contributed by atoms with Crippen molar-refractivity contribution in [2.75, 3.05) is 11.4 Å². The minimum absolute atomic E-state index is 0.139. The number of amides is 1. The van der Waals surface area contributed by atoms with E-state index in [0.717, 1.165) is 64.3 Å². The molecule has 1 saturated carbocycles. The van der Waals surface area contributed by atoms with Gasteiger partial charge < -0.3 is 9.80 Å². The number of likely N-dealkylation sites (tertiary alicyclic amines) is 1. The van der Waals surface area contributed by atoms with E-state index in [4.69, 9.17) is 0 Å². The molecule has 56 heavy (non-hydrogen) atoms. The first-order chi connectivity index (χ1) is 26.8. The molecule has 2 heterocycles. The van der Waals surface area contributed by atoms with Crippen LogP contribution in [0.1, 0.15) is 191 Å². The molecule has 6 rings (SSSR count). The Morgan fingerprint density at radius 2 is 1.09 bits per heavy atom. The van der Waals surface area contributed by atoms with Gasteiger partial charge in [-0.1, -0.05) is 139 Å². The number of para-hydroxylation sites is 1. The van der Waals surface area contributed by atoms with Crippen LogP contribution in [0.15, 0.2) is 60.8 Å². The number of piperidine rings is 1. The van der Waals surface area contributed by atoms with Crippen LogP contribution < -0.4 is 4.90 Å². The van der Waals surface area contributed by atoms with E-state index in [0.29, 0.717) is 47.3 Å². The molecular weight excluding hydrogens is 689 g/mol. The SMILES string of the molecule is C=C1CCc2ccccc2N1C(C)C.CC.CC.CC.CC.CC(C)C1C(=O)CCc2ccccc21.CC(C)C1CCCCC1=O.CC(C)N1CCCCC1=O. The number of aryl methyl sites for hydroxylation is 2. The molecule has 2 unspecified atom stereocenters. The fourth-order valence-corrected chi connectivity index (χ4v) is 7.64. The standard InChI is InChI=1S/C13H17N.C13H16O.C9H16O.C8H15NO.4C2H6/c1-10(2)14-11(3)8-9-12-6-4-5-7-13(12)14;1-9(2)13-11-6-4-3-5-10(11)7-8-12(13)14;1-7(2)8-5-3-4-6-9(8)10;1-7(2)9-6-4-3-5-8(9)10;4*1-2/h4-7,10H,3,8-9H2,1-2H3;3-6,9,13H,7-8H2,1-2H3;7-8H,3-6H2,1-2H3;7H,3-6H2,1-2H3;4*1-2H3. The summed E-state index contributed by atoms with van der Waals surface area (Å²) in [6, 6.07) is 17.9. The molecule has 1 amide bonds. The van der Waals surface area contributed by atoms with E-state index < -0.39 is 0 Å². The van der Waals surface area contributed by atoms with E-state index in [9.17, 15) is 14.4 Å². The normalized spacial score (nSPS) is 18.2. The second-order valence-electron chi connectivity index (χ2n) is 15.2. The lowest BCUT2D eigenvalue weighted by molar-refractivity contribution is -0.135. The number of allylic oxidation sites excluding steroid dienone is 1. The van der Waals surface area contributed by atoms with Crippen LogP contribution in [0.2, 0.25) is 0 Å². The second kappa shape index (κ2) is 31.8. The zero-order chi connectivity index (χ0) is 43.4. The second-order valence-corrected chi connectivity index (χ2v) is 15.2. The quantitative estimate of drug-likeness (QED) is 0.310. The van der Waals surface area contributed by atoms with Gasteiger partial charge in [-0.15, -0.1) is 0 Å². The predicted molar refractivity (Wildman–Crippen MR) is 247 cm³/mol.